The zero-order valence-electron chi connectivity index (χ0n) is 19.9. The Morgan fingerprint density at radius 3 is 1.62 bits per heavy atom. The lowest BCUT2D eigenvalue weighted by molar-refractivity contribution is 0.0353. The van der Waals surface area contributed by atoms with E-state index in [-0.39, 0.29) is 0 Å². The molecule has 0 heterocycles. The van der Waals surface area contributed by atoms with Gasteiger partial charge in [0.25, 0.3) is 0 Å². The van der Waals surface area contributed by atoms with E-state index >= 15 is 0 Å². The Hall–Kier alpha value is -0.160. The van der Waals surface area contributed by atoms with Crippen molar-refractivity contribution in [2.75, 3.05) is 40.0 Å². The van der Waals surface area contributed by atoms with Crippen molar-refractivity contribution in [3.05, 3.63) is 0 Å². The van der Waals surface area contributed by atoms with Gasteiger partial charge in [-0.2, -0.15) is 0 Å². The Kier molecular flexibility index (Phi) is 25.7. The average Bonchev–Trinajstić information content (AvgIpc) is 2.72. The molecule has 0 aromatic rings. The van der Waals surface area contributed by atoms with E-state index in [9.17, 15) is 5.11 Å². The van der Waals surface area contributed by atoms with Gasteiger partial charge in [0.15, 0.2) is 0 Å². The quantitative estimate of drug-likeness (QED) is 0.173. The van der Waals surface area contributed by atoms with Crippen molar-refractivity contribution in [2.45, 2.75) is 122 Å². The van der Waals surface area contributed by atoms with Gasteiger partial charge >= 0.3 is 0 Å². The van der Waals surface area contributed by atoms with E-state index in [1.165, 1.54) is 96.3 Å². The third kappa shape index (κ3) is 25.8. The molecule has 0 saturated heterocycles. The number of nitrogens with one attached hydrogen (secondary N) is 1. The summed E-state index contributed by atoms with van der Waals surface area (Å²) in [6.45, 7) is 5.75. The third-order valence-corrected chi connectivity index (χ3v) is 5.53. The predicted octanol–water partition coefficient (Wildman–Crippen LogP) is 6.25. The van der Waals surface area contributed by atoms with Crippen LogP contribution in [0, 0.1) is 0 Å². The normalized spacial score (nSPS) is 12.5. The largest absolute Gasteiger partial charge is 0.389 e. The van der Waals surface area contributed by atoms with Crippen molar-refractivity contribution in [3.8, 4) is 0 Å². The summed E-state index contributed by atoms with van der Waals surface area (Å²) in [5, 5.41) is 13.0. The summed E-state index contributed by atoms with van der Waals surface area (Å²) in [6, 6.07) is 0. The molecule has 0 bridgehead atoms. The van der Waals surface area contributed by atoms with Gasteiger partial charge in [-0.15, -0.1) is 0 Å². The summed E-state index contributed by atoms with van der Waals surface area (Å²) >= 11 is 0. The second-order valence-electron chi connectivity index (χ2n) is 8.58. The number of unbranched alkanes of at least 4 members (excludes halogenated alkanes) is 15. The smallest absolute Gasteiger partial charge is 0.0897 e. The zero-order chi connectivity index (χ0) is 21.3. The second kappa shape index (κ2) is 25.9. The van der Waals surface area contributed by atoms with Gasteiger partial charge in [0.2, 0.25) is 0 Å². The van der Waals surface area contributed by atoms with Crippen LogP contribution in [0.1, 0.15) is 116 Å². The molecule has 0 amide bonds. The number of aliphatic hydroxyl groups excluding tert-OH is 1. The monoisotopic (exact) mass is 415 g/mol. The molecular weight excluding hydrogens is 362 g/mol. The number of ether oxygens (including phenoxy) is 2. The van der Waals surface area contributed by atoms with Crippen molar-refractivity contribution in [2.24, 2.45) is 0 Å². The Morgan fingerprint density at radius 2 is 1.14 bits per heavy atom. The van der Waals surface area contributed by atoms with Gasteiger partial charge in [-0.25, -0.2) is 0 Å². The fraction of sp³-hybridized carbons (Fsp3) is 1.00. The van der Waals surface area contributed by atoms with Gasteiger partial charge in [-0.05, 0) is 19.4 Å². The molecule has 1 atom stereocenters. The molecule has 4 heteroatoms. The van der Waals surface area contributed by atoms with Crippen molar-refractivity contribution in [1.82, 2.24) is 5.32 Å². The van der Waals surface area contributed by atoms with Crippen LogP contribution in [-0.2, 0) is 9.47 Å². The maximum atomic E-state index is 9.82. The second-order valence-corrected chi connectivity index (χ2v) is 8.58. The van der Waals surface area contributed by atoms with Crippen molar-refractivity contribution in [1.29, 1.82) is 0 Å². The summed E-state index contributed by atoms with van der Waals surface area (Å²) < 4.78 is 10.6. The first-order chi connectivity index (χ1) is 14.3. The minimum Gasteiger partial charge on any atom is -0.389 e. The highest BCUT2D eigenvalue weighted by molar-refractivity contribution is 4.58. The molecule has 0 radical (unpaired) electrons. The van der Waals surface area contributed by atoms with Crippen LogP contribution in [0.25, 0.3) is 0 Å². The van der Waals surface area contributed by atoms with Gasteiger partial charge in [-0.1, -0.05) is 103 Å². The first kappa shape index (κ1) is 28.8. The van der Waals surface area contributed by atoms with E-state index in [1.807, 2.05) is 0 Å². The van der Waals surface area contributed by atoms with Gasteiger partial charge < -0.3 is 19.9 Å². The lowest BCUT2D eigenvalue weighted by Crippen LogP contribution is -2.31. The summed E-state index contributed by atoms with van der Waals surface area (Å²) in [5.74, 6) is 0. The van der Waals surface area contributed by atoms with Crippen LogP contribution in [0.2, 0.25) is 0 Å². The molecule has 0 aliphatic carbocycles. The average molecular weight is 416 g/mol. The third-order valence-electron chi connectivity index (χ3n) is 5.53. The standard InChI is InChI=1S/C25H53NO3/c1-3-4-5-6-7-8-9-10-11-12-13-14-15-16-17-18-22-29-24-25(27)23-26-20-19-21-28-2/h25-27H,3-24H2,1-2H3. The molecule has 4 nitrogen and oxygen atoms in total. The lowest BCUT2D eigenvalue weighted by Gasteiger charge is -2.12. The van der Waals surface area contributed by atoms with Crippen LogP contribution in [0.15, 0.2) is 0 Å². The van der Waals surface area contributed by atoms with Gasteiger partial charge in [-0.3, -0.25) is 0 Å². The molecular formula is C25H53NO3. The van der Waals surface area contributed by atoms with Crippen LogP contribution in [0.5, 0.6) is 0 Å². The molecule has 29 heavy (non-hydrogen) atoms. The first-order valence-corrected chi connectivity index (χ1v) is 12.8. The highest BCUT2D eigenvalue weighted by Crippen LogP contribution is 2.13. The Balaban J connectivity index is 3.08. The minimum absolute atomic E-state index is 0.404. The SMILES string of the molecule is CCCCCCCCCCCCCCCCCCOCC(O)CNCCCOC. The van der Waals surface area contributed by atoms with Gasteiger partial charge in [0.1, 0.15) is 0 Å². The molecule has 0 aliphatic rings. The predicted molar refractivity (Wildman–Crippen MR) is 126 cm³/mol. The van der Waals surface area contributed by atoms with Crippen molar-refractivity contribution < 1.29 is 14.6 Å². The Bertz CT molecular complexity index is 289. The van der Waals surface area contributed by atoms with E-state index in [1.54, 1.807) is 7.11 Å². The Labute approximate surface area is 182 Å². The van der Waals surface area contributed by atoms with Crippen molar-refractivity contribution >= 4 is 0 Å². The summed E-state index contributed by atoms with van der Waals surface area (Å²) in [5.41, 5.74) is 0. The number of rotatable bonds is 25. The van der Waals surface area contributed by atoms with Crippen LogP contribution < -0.4 is 5.32 Å². The van der Waals surface area contributed by atoms with Gasteiger partial charge in [0.05, 0.1) is 12.7 Å². The molecule has 0 rings (SSSR count). The molecule has 1 unspecified atom stereocenters. The molecule has 0 spiro atoms. The fourth-order valence-corrected chi connectivity index (χ4v) is 3.64. The summed E-state index contributed by atoms with van der Waals surface area (Å²) in [7, 11) is 1.71. The molecule has 2 N–H and O–H groups in total. The highest BCUT2D eigenvalue weighted by atomic mass is 16.5. The van der Waals surface area contributed by atoms with Crippen LogP contribution in [0.4, 0.5) is 0 Å². The topological polar surface area (TPSA) is 50.7 Å². The van der Waals surface area contributed by atoms with E-state index in [2.05, 4.69) is 12.2 Å². The fourth-order valence-electron chi connectivity index (χ4n) is 3.64. The summed E-state index contributed by atoms with van der Waals surface area (Å²) in [4.78, 5) is 0. The minimum atomic E-state index is -0.404. The van der Waals surface area contributed by atoms with Gasteiger partial charge in [0, 0.05) is 26.9 Å². The molecule has 0 aromatic heterocycles. The number of methoxy groups -OCH3 is 1. The molecule has 0 aliphatic heterocycles. The number of hydrogen-bond donors (Lipinski definition) is 2. The number of hydrogen-bond acceptors (Lipinski definition) is 4. The molecule has 0 aromatic carbocycles. The zero-order valence-corrected chi connectivity index (χ0v) is 19.9. The molecule has 0 saturated carbocycles. The van der Waals surface area contributed by atoms with E-state index in [4.69, 9.17) is 9.47 Å². The van der Waals surface area contributed by atoms with E-state index in [0.717, 1.165) is 32.6 Å². The van der Waals surface area contributed by atoms with Crippen LogP contribution >= 0.6 is 0 Å². The Morgan fingerprint density at radius 1 is 0.655 bits per heavy atom. The first-order valence-electron chi connectivity index (χ1n) is 12.8. The lowest BCUT2D eigenvalue weighted by atomic mass is 10.0. The van der Waals surface area contributed by atoms with Crippen molar-refractivity contribution in [3.63, 3.8) is 0 Å². The van der Waals surface area contributed by atoms with E-state index < -0.39 is 6.10 Å². The summed E-state index contributed by atoms with van der Waals surface area (Å²) in [6.07, 6.45) is 22.8. The maximum Gasteiger partial charge on any atom is 0.0897 e. The number of aliphatic hydroxyl groups is 1. The molecule has 0 fully saturated rings. The van der Waals surface area contributed by atoms with E-state index in [0.29, 0.717) is 13.2 Å². The maximum absolute atomic E-state index is 9.82. The van der Waals surface area contributed by atoms with Crippen LogP contribution in [-0.4, -0.2) is 51.2 Å². The molecule has 176 valence electrons. The highest BCUT2D eigenvalue weighted by Gasteiger charge is 2.03. The van der Waals surface area contributed by atoms with Crippen LogP contribution in [0.3, 0.4) is 0 Å².